The van der Waals surface area contributed by atoms with E-state index in [1.54, 1.807) is 12.1 Å². The predicted octanol–water partition coefficient (Wildman–Crippen LogP) is 3.56. The third kappa shape index (κ3) is 3.44. The molecule has 16 heavy (non-hydrogen) atoms. The maximum atomic E-state index is 13.6. The van der Waals surface area contributed by atoms with E-state index in [0.717, 1.165) is 25.7 Å². The monoisotopic (exact) mass is 244 g/mol. The summed E-state index contributed by atoms with van der Waals surface area (Å²) in [5.74, 6) is 5.15. The third-order valence-corrected chi connectivity index (χ3v) is 2.98. The minimum atomic E-state index is -0.299. The fourth-order valence-corrected chi connectivity index (χ4v) is 2.05. The highest BCUT2D eigenvalue weighted by Crippen LogP contribution is 2.28. The van der Waals surface area contributed by atoms with E-state index in [1.165, 1.54) is 6.07 Å². The molecule has 0 radical (unpaired) electrons. The maximum Gasteiger partial charge on any atom is 0.129 e. The Kier molecular flexibility index (Phi) is 5.74. The topological polar surface area (TPSA) is 38.0 Å². The highest BCUT2D eigenvalue weighted by molar-refractivity contribution is 6.31. The minimum absolute atomic E-state index is 0.208. The summed E-state index contributed by atoms with van der Waals surface area (Å²) in [6, 6.07) is 4.48. The molecule has 1 aromatic rings. The lowest BCUT2D eigenvalue weighted by Crippen LogP contribution is -2.29. The maximum absolute atomic E-state index is 13.6. The zero-order valence-corrected chi connectivity index (χ0v) is 10.2. The minimum Gasteiger partial charge on any atom is -0.271 e. The molecular weight excluding hydrogens is 227 g/mol. The quantitative estimate of drug-likeness (QED) is 0.456. The van der Waals surface area contributed by atoms with Crippen LogP contribution in [0.1, 0.15) is 44.2 Å². The molecule has 0 amide bonds. The Morgan fingerprint density at radius 3 is 2.75 bits per heavy atom. The Morgan fingerprint density at radius 2 is 2.19 bits per heavy atom. The molecule has 1 unspecified atom stereocenters. The molecule has 0 fully saturated rings. The molecule has 0 saturated carbocycles. The lowest BCUT2D eigenvalue weighted by atomic mass is 10.0. The van der Waals surface area contributed by atoms with Gasteiger partial charge in [0.25, 0.3) is 0 Å². The smallest absolute Gasteiger partial charge is 0.129 e. The predicted molar refractivity (Wildman–Crippen MR) is 65.6 cm³/mol. The van der Waals surface area contributed by atoms with E-state index in [4.69, 9.17) is 17.4 Å². The van der Waals surface area contributed by atoms with Gasteiger partial charge in [-0.2, -0.15) is 0 Å². The number of hydrogen-bond donors (Lipinski definition) is 2. The van der Waals surface area contributed by atoms with Crippen molar-refractivity contribution >= 4 is 11.6 Å². The van der Waals surface area contributed by atoms with Crippen molar-refractivity contribution in [3.8, 4) is 0 Å². The van der Waals surface area contributed by atoms with Gasteiger partial charge in [0.05, 0.1) is 6.04 Å². The van der Waals surface area contributed by atoms with Crippen LogP contribution in [0.4, 0.5) is 4.39 Å². The molecule has 0 aliphatic rings. The van der Waals surface area contributed by atoms with Gasteiger partial charge >= 0.3 is 0 Å². The summed E-state index contributed by atoms with van der Waals surface area (Å²) >= 11 is 5.98. The Bertz CT molecular complexity index is 311. The van der Waals surface area contributed by atoms with Crippen molar-refractivity contribution in [1.82, 2.24) is 5.43 Å². The van der Waals surface area contributed by atoms with E-state index >= 15 is 0 Å². The van der Waals surface area contributed by atoms with Crippen molar-refractivity contribution in [3.63, 3.8) is 0 Å². The molecule has 0 aliphatic carbocycles. The van der Waals surface area contributed by atoms with Gasteiger partial charge in [0, 0.05) is 10.6 Å². The molecule has 0 heterocycles. The first-order valence-corrected chi connectivity index (χ1v) is 5.98. The second-order valence-corrected chi connectivity index (χ2v) is 4.26. The molecule has 0 saturated heterocycles. The van der Waals surface area contributed by atoms with Crippen molar-refractivity contribution < 1.29 is 4.39 Å². The molecule has 0 spiro atoms. The van der Waals surface area contributed by atoms with E-state index in [0.29, 0.717) is 10.6 Å². The van der Waals surface area contributed by atoms with Gasteiger partial charge in [0.2, 0.25) is 0 Å². The number of unbranched alkanes of at least 4 members (excludes halogenated alkanes) is 2. The van der Waals surface area contributed by atoms with Crippen molar-refractivity contribution in [2.24, 2.45) is 5.84 Å². The standard InChI is InChI=1S/C12H18ClFN2/c1-2-3-4-8-11(16-15)12-9(13)6-5-7-10(12)14/h5-7,11,16H,2-4,8,15H2,1H3. The molecule has 4 heteroatoms. The van der Waals surface area contributed by atoms with E-state index < -0.39 is 0 Å². The van der Waals surface area contributed by atoms with Gasteiger partial charge in [0.15, 0.2) is 0 Å². The summed E-state index contributed by atoms with van der Waals surface area (Å²) in [5, 5.41) is 0.430. The van der Waals surface area contributed by atoms with E-state index in [2.05, 4.69) is 12.3 Å². The zero-order valence-electron chi connectivity index (χ0n) is 9.47. The second kappa shape index (κ2) is 6.84. The van der Waals surface area contributed by atoms with Crippen LogP contribution in [-0.2, 0) is 0 Å². The molecule has 1 rings (SSSR count). The first-order chi connectivity index (χ1) is 7.70. The summed E-state index contributed by atoms with van der Waals surface area (Å²) in [7, 11) is 0. The molecule has 0 aliphatic heterocycles. The molecule has 90 valence electrons. The molecular formula is C12H18ClFN2. The Labute approximate surface area is 101 Å². The van der Waals surface area contributed by atoms with Gasteiger partial charge in [-0.25, -0.2) is 4.39 Å². The van der Waals surface area contributed by atoms with E-state index in [-0.39, 0.29) is 11.9 Å². The second-order valence-electron chi connectivity index (χ2n) is 3.85. The number of halogens is 2. The number of benzene rings is 1. The molecule has 0 bridgehead atoms. The summed E-state index contributed by atoms with van der Waals surface area (Å²) in [6.45, 7) is 2.13. The summed E-state index contributed by atoms with van der Waals surface area (Å²) in [6.07, 6.45) is 4.05. The summed E-state index contributed by atoms with van der Waals surface area (Å²) in [5.41, 5.74) is 3.11. The number of nitrogens with two attached hydrogens (primary N) is 1. The largest absolute Gasteiger partial charge is 0.271 e. The Balaban J connectivity index is 2.78. The lowest BCUT2D eigenvalue weighted by Gasteiger charge is -2.18. The number of nitrogens with one attached hydrogen (secondary N) is 1. The Hall–Kier alpha value is -0.640. The molecule has 1 aromatic carbocycles. The van der Waals surface area contributed by atoms with Crippen LogP contribution in [0.3, 0.4) is 0 Å². The highest BCUT2D eigenvalue weighted by atomic mass is 35.5. The Morgan fingerprint density at radius 1 is 1.44 bits per heavy atom. The average Bonchev–Trinajstić information content (AvgIpc) is 2.26. The van der Waals surface area contributed by atoms with Crippen LogP contribution >= 0.6 is 11.6 Å². The van der Waals surface area contributed by atoms with Gasteiger partial charge < -0.3 is 0 Å². The normalized spacial score (nSPS) is 12.8. The van der Waals surface area contributed by atoms with E-state index in [1.807, 2.05) is 0 Å². The van der Waals surface area contributed by atoms with Gasteiger partial charge in [-0.15, -0.1) is 0 Å². The van der Waals surface area contributed by atoms with Gasteiger partial charge in [-0.05, 0) is 18.6 Å². The van der Waals surface area contributed by atoms with Crippen molar-refractivity contribution in [1.29, 1.82) is 0 Å². The fraction of sp³-hybridized carbons (Fsp3) is 0.500. The fourth-order valence-electron chi connectivity index (χ4n) is 1.75. The number of hydrogen-bond acceptors (Lipinski definition) is 2. The number of hydrazine groups is 1. The van der Waals surface area contributed by atoms with Crippen LogP contribution in [0, 0.1) is 5.82 Å². The summed E-state index contributed by atoms with van der Waals surface area (Å²) < 4.78 is 13.6. The van der Waals surface area contributed by atoms with Crippen LogP contribution in [0.5, 0.6) is 0 Å². The van der Waals surface area contributed by atoms with Crippen molar-refractivity contribution in [2.45, 2.75) is 38.6 Å². The summed E-state index contributed by atoms with van der Waals surface area (Å²) in [4.78, 5) is 0. The first-order valence-electron chi connectivity index (χ1n) is 5.60. The van der Waals surface area contributed by atoms with Crippen LogP contribution < -0.4 is 11.3 Å². The van der Waals surface area contributed by atoms with Crippen molar-refractivity contribution in [2.75, 3.05) is 0 Å². The zero-order chi connectivity index (χ0) is 12.0. The lowest BCUT2D eigenvalue weighted by molar-refractivity contribution is 0.464. The van der Waals surface area contributed by atoms with Crippen LogP contribution in [0.2, 0.25) is 5.02 Å². The number of rotatable bonds is 6. The highest BCUT2D eigenvalue weighted by Gasteiger charge is 2.17. The van der Waals surface area contributed by atoms with Crippen molar-refractivity contribution in [3.05, 3.63) is 34.6 Å². The SMILES string of the molecule is CCCCCC(NN)c1c(F)cccc1Cl. The third-order valence-electron chi connectivity index (χ3n) is 2.65. The van der Waals surface area contributed by atoms with Gasteiger partial charge in [0.1, 0.15) is 5.82 Å². The molecule has 2 nitrogen and oxygen atoms in total. The molecule has 3 N–H and O–H groups in total. The van der Waals surface area contributed by atoms with Gasteiger partial charge in [-0.1, -0.05) is 43.9 Å². The van der Waals surface area contributed by atoms with Gasteiger partial charge in [-0.3, -0.25) is 11.3 Å². The van der Waals surface area contributed by atoms with Crippen LogP contribution in [0.15, 0.2) is 18.2 Å². The molecule has 0 aromatic heterocycles. The van der Waals surface area contributed by atoms with E-state index in [9.17, 15) is 4.39 Å². The molecule has 1 atom stereocenters. The van der Waals surface area contributed by atoms with Crippen LogP contribution in [0.25, 0.3) is 0 Å². The first kappa shape index (κ1) is 13.4. The average molecular weight is 245 g/mol. The van der Waals surface area contributed by atoms with Crippen LogP contribution in [-0.4, -0.2) is 0 Å².